The Morgan fingerprint density at radius 3 is 2.50 bits per heavy atom. The zero-order valence-corrected chi connectivity index (χ0v) is 18.7. The minimum Gasteiger partial charge on any atom is -0.493 e. The van der Waals surface area contributed by atoms with Gasteiger partial charge in [0.05, 0.1) is 24.4 Å². The maximum Gasteiger partial charge on any atom is 0.223 e. The van der Waals surface area contributed by atoms with E-state index in [1.54, 1.807) is 7.11 Å². The Morgan fingerprint density at radius 1 is 1.03 bits per heavy atom. The number of aromatic nitrogens is 2. The summed E-state index contributed by atoms with van der Waals surface area (Å²) >= 11 is 1.49. The Morgan fingerprint density at radius 2 is 1.80 bits per heavy atom. The number of hydrogen-bond acceptors (Lipinski definition) is 6. The minimum atomic E-state index is -0.168. The van der Waals surface area contributed by atoms with Gasteiger partial charge in [-0.1, -0.05) is 56.8 Å². The average molecular weight is 420 g/mol. The summed E-state index contributed by atoms with van der Waals surface area (Å²) in [5.41, 5.74) is 3.42. The van der Waals surface area contributed by atoms with Gasteiger partial charge in [0.2, 0.25) is 5.88 Å². The Bertz CT molecular complexity index is 1080. The second-order valence-electron chi connectivity index (χ2n) is 7.94. The molecule has 0 unspecified atom stereocenters. The van der Waals surface area contributed by atoms with Gasteiger partial charge >= 0.3 is 0 Å². The summed E-state index contributed by atoms with van der Waals surface area (Å²) in [6.45, 7) is 8.31. The molecular formula is C24H25N3O2S. The fourth-order valence-corrected chi connectivity index (χ4v) is 3.63. The number of hydrogen-bond donors (Lipinski definition) is 0. The van der Waals surface area contributed by atoms with E-state index in [9.17, 15) is 5.26 Å². The highest BCUT2D eigenvalue weighted by Crippen LogP contribution is 2.34. The fraction of sp³-hybridized carbons (Fsp3) is 0.292. The Balaban J connectivity index is 1.92. The van der Waals surface area contributed by atoms with Crippen molar-refractivity contribution in [2.45, 2.75) is 44.0 Å². The van der Waals surface area contributed by atoms with Crippen LogP contribution in [0.1, 0.15) is 43.2 Å². The first-order valence-corrected chi connectivity index (χ1v) is 10.6. The topological polar surface area (TPSA) is 68.0 Å². The number of methoxy groups -OCH3 is 1. The summed E-state index contributed by atoms with van der Waals surface area (Å²) in [7, 11) is 1.62. The molecule has 3 aromatic rings. The van der Waals surface area contributed by atoms with Crippen LogP contribution in [0.5, 0.6) is 17.4 Å². The van der Waals surface area contributed by atoms with E-state index in [1.807, 2.05) is 55.5 Å². The van der Waals surface area contributed by atoms with Crippen LogP contribution in [0.3, 0.4) is 0 Å². The Hall–Kier alpha value is -3.04. The molecule has 0 amide bonds. The molecule has 2 aromatic carbocycles. The van der Waals surface area contributed by atoms with Crippen molar-refractivity contribution in [3.05, 3.63) is 70.9 Å². The molecule has 3 rings (SSSR count). The fourth-order valence-electron chi connectivity index (χ4n) is 2.77. The van der Waals surface area contributed by atoms with Crippen molar-refractivity contribution in [1.82, 2.24) is 9.97 Å². The van der Waals surface area contributed by atoms with Crippen LogP contribution >= 0.6 is 11.8 Å². The molecule has 0 saturated carbocycles. The summed E-state index contributed by atoms with van der Waals surface area (Å²) in [5, 5.41) is 9.93. The molecule has 154 valence electrons. The summed E-state index contributed by atoms with van der Waals surface area (Å²) in [4.78, 5) is 9.33. The van der Waals surface area contributed by atoms with Gasteiger partial charge < -0.3 is 9.47 Å². The molecule has 0 aliphatic rings. The summed E-state index contributed by atoms with van der Waals surface area (Å²) in [6.07, 6.45) is 0. The molecule has 6 heteroatoms. The first-order valence-electron chi connectivity index (χ1n) is 9.63. The molecule has 1 heterocycles. The molecule has 0 fully saturated rings. The maximum absolute atomic E-state index is 9.32. The summed E-state index contributed by atoms with van der Waals surface area (Å²) < 4.78 is 11.5. The van der Waals surface area contributed by atoms with Crippen molar-refractivity contribution in [2.75, 3.05) is 7.11 Å². The van der Waals surface area contributed by atoms with Crippen LogP contribution in [-0.4, -0.2) is 17.1 Å². The lowest BCUT2D eigenvalue weighted by Gasteiger charge is -2.19. The largest absolute Gasteiger partial charge is 0.493 e. The first kappa shape index (κ1) is 21.7. The van der Waals surface area contributed by atoms with Crippen LogP contribution in [0, 0.1) is 18.3 Å². The molecule has 1 aromatic heterocycles. The average Bonchev–Trinajstić information content (AvgIpc) is 2.73. The smallest absolute Gasteiger partial charge is 0.223 e. The third kappa shape index (κ3) is 5.31. The van der Waals surface area contributed by atoms with E-state index in [0.29, 0.717) is 33.9 Å². The molecule has 0 aliphatic heterocycles. The van der Waals surface area contributed by atoms with Crippen LogP contribution in [0.15, 0.2) is 53.7 Å². The molecule has 5 nitrogen and oxygen atoms in total. The van der Waals surface area contributed by atoms with Crippen LogP contribution in [0.2, 0.25) is 0 Å². The Labute approximate surface area is 182 Å². The van der Waals surface area contributed by atoms with E-state index in [1.165, 1.54) is 11.8 Å². The number of thioether (sulfide) groups is 1. The molecule has 0 saturated heterocycles. The van der Waals surface area contributed by atoms with Gasteiger partial charge in [0.1, 0.15) is 0 Å². The van der Waals surface area contributed by atoms with E-state index >= 15 is 0 Å². The van der Waals surface area contributed by atoms with E-state index in [4.69, 9.17) is 14.5 Å². The molecule has 0 aliphatic carbocycles. The van der Waals surface area contributed by atoms with Crippen molar-refractivity contribution >= 4 is 11.8 Å². The second-order valence-corrected chi connectivity index (χ2v) is 8.88. The molecule has 30 heavy (non-hydrogen) atoms. The lowest BCUT2D eigenvalue weighted by Crippen LogP contribution is -2.14. The predicted octanol–water partition coefficient (Wildman–Crippen LogP) is 6.05. The van der Waals surface area contributed by atoms with Gasteiger partial charge in [-0.25, -0.2) is 4.98 Å². The van der Waals surface area contributed by atoms with E-state index in [0.717, 1.165) is 16.8 Å². The number of aryl methyl sites for hydroxylation is 1. The van der Waals surface area contributed by atoms with Crippen molar-refractivity contribution in [3.63, 3.8) is 0 Å². The SMILES string of the molecule is COc1cc(C)ccc1Oc1cc(C(C)(C)C)nc(SCc2ccccc2C#N)n1. The van der Waals surface area contributed by atoms with Gasteiger partial charge in [-0.3, -0.25) is 0 Å². The molecular weight excluding hydrogens is 394 g/mol. The number of nitriles is 1. The first-order chi connectivity index (χ1) is 14.3. The minimum absolute atomic E-state index is 0.168. The van der Waals surface area contributed by atoms with Crippen molar-refractivity contribution < 1.29 is 9.47 Å². The highest BCUT2D eigenvalue weighted by Gasteiger charge is 2.20. The van der Waals surface area contributed by atoms with Gasteiger partial charge in [0.25, 0.3) is 0 Å². The van der Waals surface area contributed by atoms with Gasteiger partial charge in [-0.05, 0) is 36.2 Å². The van der Waals surface area contributed by atoms with E-state index < -0.39 is 0 Å². The van der Waals surface area contributed by atoms with Crippen molar-refractivity contribution in [3.8, 4) is 23.4 Å². The Kier molecular flexibility index (Phi) is 6.63. The number of nitrogens with zero attached hydrogens (tertiary/aromatic N) is 3. The van der Waals surface area contributed by atoms with Crippen LogP contribution in [0.4, 0.5) is 0 Å². The van der Waals surface area contributed by atoms with Crippen LogP contribution in [0.25, 0.3) is 0 Å². The molecule has 0 atom stereocenters. The van der Waals surface area contributed by atoms with E-state index in [-0.39, 0.29) is 5.41 Å². The van der Waals surface area contributed by atoms with E-state index in [2.05, 4.69) is 31.8 Å². The summed E-state index contributed by atoms with van der Waals surface area (Å²) in [5.74, 6) is 2.33. The zero-order valence-electron chi connectivity index (χ0n) is 17.9. The number of rotatable bonds is 6. The van der Waals surface area contributed by atoms with Crippen LogP contribution in [-0.2, 0) is 11.2 Å². The second kappa shape index (κ2) is 9.19. The molecule has 0 spiro atoms. The van der Waals surface area contributed by atoms with Crippen LogP contribution < -0.4 is 9.47 Å². The third-order valence-electron chi connectivity index (χ3n) is 4.48. The quantitative estimate of drug-likeness (QED) is 0.358. The third-order valence-corrected chi connectivity index (χ3v) is 5.37. The normalized spacial score (nSPS) is 11.1. The molecule has 0 N–H and O–H groups in total. The summed E-state index contributed by atoms with van der Waals surface area (Å²) in [6, 6.07) is 17.4. The molecule has 0 radical (unpaired) electrons. The molecule has 0 bridgehead atoms. The monoisotopic (exact) mass is 419 g/mol. The van der Waals surface area contributed by atoms with Crippen molar-refractivity contribution in [1.29, 1.82) is 5.26 Å². The number of ether oxygens (including phenoxy) is 2. The van der Waals surface area contributed by atoms with Gasteiger partial charge in [-0.2, -0.15) is 10.2 Å². The highest BCUT2D eigenvalue weighted by molar-refractivity contribution is 7.98. The maximum atomic E-state index is 9.32. The standard InChI is InChI=1S/C24H25N3O2S/c1-16-10-11-19(20(12-16)28-5)29-22-13-21(24(2,3)4)26-23(27-22)30-15-18-9-7-6-8-17(18)14-25/h6-13H,15H2,1-5H3. The lowest BCUT2D eigenvalue weighted by molar-refractivity contribution is 0.371. The van der Waals surface area contributed by atoms with Gasteiger partial charge in [0, 0.05) is 17.2 Å². The van der Waals surface area contributed by atoms with Gasteiger partial charge in [0.15, 0.2) is 16.7 Å². The van der Waals surface area contributed by atoms with Gasteiger partial charge in [-0.15, -0.1) is 0 Å². The lowest BCUT2D eigenvalue weighted by atomic mass is 9.92. The predicted molar refractivity (Wildman–Crippen MR) is 119 cm³/mol. The highest BCUT2D eigenvalue weighted by atomic mass is 32.2. The zero-order chi connectivity index (χ0) is 21.7. The van der Waals surface area contributed by atoms with Crippen molar-refractivity contribution in [2.24, 2.45) is 0 Å². The number of benzene rings is 2.